The quantitative estimate of drug-likeness (QED) is 0.467. The van der Waals surface area contributed by atoms with E-state index < -0.39 is 28.1 Å². The molecule has 1 N–H and O–H groups in total. The molecule has 1 unspecified atom stereocenters. The van der Waals surface area contributed by atoms with Crippen LogP contribution in [-0.4, -0.2) is 25.9 Å². The van der Waals surface area contributed by atoms with Crippen LogP contribution in [0.3, 0.4) is 0 Å². The number of carbonyl (C=O) groups is 1. The minimum atomic E-state index is -4.00. The van der Waals surface area contributed by atoms with Crippen LogP contribution in [0.2, 0.25) is 0 Å². The van der Waals surface area contributed by atoms with Crippen LogP contribution in [0.4, 0.5) is 0 Å². The molecule has 0 saturated heterocycles. The highest BCUT2D eigenvalue weighted by molar-refractivity contribution is 7.85. The van der Waals surface area contributed by atoms with Crippen molar-refractivity contribution >= 4 is 15.9 Å². The molecule has 0 saturated carbocycles. The van der Waals surface area contributed by atoms with E-state index in [-0.39, 0.29) is 16.9 Å². The molecule has 0 bridgehead atoms. The number of carbonyl (C=O) groups excluding carboxylic acids is 1. The number of hydrogen-bond acceptors (Lipinski definition) is 5. The van der Waals surface area contributed by atoms with Crippen molar-refractivity contribution in [1.82, 2.24) is 0 Å². The maximum atomic E-state index is 13.0. The second kappa shape index (κ2) is 8.48. The molecule has 6 heteroatoms. The van der Waals surface area contributed by atoms with Crippen LogP contribution >= 0.6 is 0 Å². The number of hydrogen-bond donors (Lipinski definition) is 1. The average Bonchev–Trinajstić information content (AvgIpc) is 2.73. The molecule has 0 aliphatic rings. The van der Waals surface area contributed by atoms with Gasteiger partial charge in [-0.25, -0.2) is 0 Å². The van der Waals surface area contributed by atoms with Crippen molar-refractivity contribution in [2.75, 3.05) is 6.61 Å². The average molecular weight is 396 g/mol. The Labute approximate surface area is 164 Å². The van der Waals surface area contributed by atoms with E-state index in [1.807, 2.05) is 0 Å². The molecule has 0 aliphatic heterocycles. The molecular weight excluding hydrogens is 376 g/mol. The van der Waals surface area contributed by atoms with Crippen molar-refractivity contribution in [1.29, 1.82) is 0 Å². The van der Waals surface area contributed by atoms with Gasteiger partial charge in [0.1, 0.15) is 12.4 Å². The third-order valence-corrected chi connectivity index (χ3v) is 5.46. The van der Waals surface area contributed by atoms with Crippen LogP contribution < -0.4 is 0 Å². The first-order valence-corrected chi connectivity index (χ1v) is 10.3. The zero-order chi connectivity index (χ0) is 20.0. The van der Waals surface area contributed by atoms with E-state index in [1.165, 1.54) is 0 Å². The lowest BCUT2D eigenvalue weighted by Gasteiger charge is -2.27. The van der Waals surface area contributed by atoms with E-state index in [1.54, 1.807) is 91.0 Å². The Kier molecular flexibility index (Phi) is 6.04. The molecule has 0 radical (unpaired) electrons. The molecule has 3 aromatic carbocycles. The lowest BCUT2D eigenvalue weighted by atomic mass is 9.86. The molecule has 0 aromatic heterocycles. The van der Waals surface area contributed by atoms with Gasteiger partial charge in [-0.2, -0.15) is 8.42 Å². The number of rotatable bonds is 8. The summed E-state index contributed by atoms with van der Waals surface area (Å²) in [6.45, 7) is -0.708. The van der Waals surface area contributed by atoms with Crippen LogP contribution in [0.5, 0.6) is 0 Å². The predicted molar refractivity (Wildman–Crippen MR) is 106 cm³/mol. The second-order valence-corrected chi connectivity index (χ2v) is 8.01. The van der Waals surface area contributed by atoms with Crippen LogP contribution in [0.25, 0.3) is 0 Å². The Morgan fingerprint density at radius 3 is 1.89 bits per heavy atom. The smallest absolute Gasteiger partial charge is 0.271 e. The maximum absolute atomic E-state index is 13.0. The fourth-order valence-electron chi connectivity index (χ4n) is 2.82. The zero-order valence-electron chi connectivity index (χ0n) is 15.1. The third-order valence-electron chi connectivity index (χ3n) is 4.30. The summed E-state index contributed by atoms with van der Waals surface area (Å²) < 4.78 is 29.9. The SMILES string of the molecule is O=C(c1ccccc1)C(O)(COS(=O)(=O)Cc1ccccc1)c1ccccc1. The predicted octanol–water partition coefficient (Wildman–Crippen LogP) is 3.30. The monoisotopic (exact) mass is 396 g/mol. The largest absolute Gasteiger partial charge is 0.375 e. The van der Waals surface area contributed by atoms with Gasteiger partial charge in [-0.3, -0.25) is 8.98 Å². The van der Waals surface area contributed by atoms with Crippen molar-refractivity contribution in [2.45, 2.75) is 11.4 Å². The second-order valence-electron chi connectivity index (χ2n) is 6.37. The Morgan fingerprint density at radius 2 is 1.32 bits per heavy atom. The molecule has 0 heterocycles. The molecule has 1 atom stereocenters. The fourth-order valence-corrected chi connectivity index (χ4v) is 3.85. The van der Waals surface area contributed by atoms with Gasteiger partial charge in [-0.05, 0) is 11.1 Å². The fraction of sp³-hybridized carbons (Fsp3) is 0.136. The van der Waals surface area contributed by atoms with Gasteiger partial charge in [-0.1, -0.05) is 91.0 Å². The summed E-state index contributed by atoms with van der Waals surface area (Å²) >= 11 is 0. The van der Waals surface area contributed by atoms with E-state index in [2.05, 4.69) is 0 Å². The molecule has 0 spiro atoms. The molecular formula is C22H20O5S. The summed E-state index contributed by atoms with van der Waals surface area (Å²) in [6, 6.07) is 25.0. The van der Waals surface area contributed by atoms with Gasteiger partial charge in [0.05, 0.1) is 0 Å². The highest BCUT2D eigenvalue weighted by Crippen LogP contribution is 2.27. The van der Waals surface area contributed by atoms with E-state index in [9.17, 15) is 18.3 Å². The van der Waals surface area contributed by atoms with Gasteiger partial charge in [0.15, 0.2) is 5.60 Å². The van der Waals surface area contributed by atoms with E-state index in [0.717, 1.165) is 0 Å². The van der Waals surface area contributed by atoms with Crippen molar-refractivity contribution in [2.24, 2.45) is 0 Å². The lowest BCUT2D eigenvalue weighted by Crippen LogP contribution is -2.41. The lowest BCUT2D eigenvalue weighted by molar-refractivity contribution is 0.00406. The van der Waals surface area contributed by atoms with Crippen LogP contribution in [0.15, 0.2) is 91.0 Å². The van der Waals surface area contributed by atoms with Crippen molar-refractivity contribution in [3.8, 4) is 0 Å². The van der Waals surface area contributed by atoms with Crippen LogP contribution in [-0.2, 0) is 25.7 Å². The van der Waals surface area contributed by atoms with Crippen molar-refractivity contribution in [3.63, 3.8) is 0 Å². The summed E-state index contributed by atoms with van der Waals surface area (Å²) in [4.78, 5) is 13.0. The van der Waals surface area contributed by atoms with E-state index in [0.29, 0.717) is 5.56 Å². The van der Waals surface area contributed by atoms with E-state index in [4.69, 9.17) is 4.18 Å². The summed E-state index contributed by atoms with van der Waals surface area (Å²) in [7, 11) is -4.00. The normalized spacial score (nSPS) is 13.6. The van der Waals surface area contributed by atoms with Gasteiger partial charge in [-0.15, -0.1) is 0 Å². The summed E-state index contributed by atoms with van der Waals surface area (Å²) in [5, 5.41) is 11.2. The van der Waals surface area contributed by atoms with Crippen LogP contribution in [0.1, 0.15) is 21.5 Å². The number of benzene rings is 3. The molecule has 28 heavy (non-hydrogen) atoms. The Morgan fingerprint density at radius 1 is 0.821 bits per heavy atom. The molecule has 144 valence electrons. The van der Waals surface area contributed by atoms with Gasteiger partial charge < -0.3 is 5.11 Å². The van der Waals surface area contributed by atoms with Crippen molar-refractivity contribution < 1.29 is 22.5 Å². The van der Waals surface area contributed by atoms with Gasteiger partial charge >= 0.3 is 0 Å². The van der Waals surface area contributed by atoms with Crippen LogP contribution in [0, 0.1) is 0 Å². The minimum absolute atomic E-state index is 0.262. The highest BCUT2D eigenvalue weighted by Gasteiger charge is 2.40. The summed E-state index contributed by atoms with van der Waals surface area (Å²) in [6.07, 6.45) is 0. The summed E-state index contributed by atoms with van der Waals surface area (Å²) in [5.41, 5.74) is -1.05. The topological polar surface area (TPSA) is 80.7 Å². The Hall–Kier alpha value is -2.80. The highest BCUT2D eigenvalue weighted by atomic mass is 32.2. The first kappa shape index (κ1) is 19.9. The number of aliphatic hydroxyl groups is 1. The summed E-state index contributed by atoms with van der Waals surface area (Å²) in [5.74, 6) is -0.979. The van der Waals surface area contributed by atoms with Gasteiger partial charge in [0, 0.05) is 5.56 Å². The third kappa shape index (κ3) is 4.72. The van der Waals surface area contributed by atoms with E-state index >= 15 is 0 Å². The molecule has 0 fully saturated rings. The van der Waals surface area contributed by atoms with Gasteiger partial charge in [0.25, 0.3) is 10.1 Å². The maximum Gasteiger partial charge on any atom is 0.271 e. The zero-order valence-corrected chi connectivity index (χ0v) is 15.9. The molecule has 3 aromatic rings. The van der Waals surface area contributed by atoms with Crippen molar-refractivity contribution in [3.05, 3.63) is 108 Å². The molecule has 0 amide bonds. The number of Topliss-reactive ketones (excluding diaryl/α,β-unsaturated/α-hetero) is 1. The molecule has 3 rings (SSSR count). The van der Waals surface area contributed by atoms with Gasteiger partial charge in [0.2, 0.25) is 5.78 Å². The first-order valence-electron chi connectivity index (χ1n) is 8.69. The molecule has 0 aliphatic carbocycles. The minimum Gasteiger partial charge on any atom is -0.375 e. The Balaban J connectivity index is 1.87. The Bertz CT molecular complexity index is 1020. The molecule has 5 nitrogen and oxygen atoms in total. The number of ketones is 1. The standard InChI is InChI=1S/C22H20O5S/c23-21(19-12-6-2-7-13-19)22(24,20-14-8-3-9-15-20)17-27-28(25,26)16-18-10-4-1-5-11-18/h1-15,24H,16-17H2. The first-order chi connectivity index (χ1) is 13.4.